The molecule has 0 spiro atoms. The van der Waals surface area contributed by atoms with Crippen molar-refractivity contribution in [3.63, 3.8) is 0 Å². The van der Waals surface area contributed by atoms with Crippen LogP contribution in [0, 0.1) is 0 Å². The molecule has 0 aromatic heterocycles. The number of aliphatic hydroxyl groups is 2. The number of aliphatic hydroxyl groups excluding tert-OH is 2. The first kappa shape index (κ1) is 16.3. The molecule has 7 heteroatoms. The van der Waals surface area contributed by atoms with Crippen molar-refractivity contribution < 1.29 is 29.3 Å². The second-order valence-electron chi connectivity index (χ2n) is 6.09. The molecular formula is C15H19NO6. The first-order valence-electron chi connectivity index (χ1n) is 6.80. The molecule has 1 amide bonds. The van der Waals surface area contributed by atoms with Gasteiger partial charge in [0.15, 0.2) is 5.60 Å². The quantitative estimate of drug-likeness (QED) is 0.729. The lowest BCUT2D eigenvalue weighted by Crippen LogP contribution is -2.35. The van der Waals surface area contributed by atoms with E-state index in [0.29, 0.717) is 11.3 Å². The average Bonchev–Trinajstić information content (AvgIpc) is 2.69. The molecule has 7 nitrogen and oxygen atoms in total. The Balaban J connectivity index is 2.28. The summed E-state index contributed by atoms with van der Waals surface area (Å²) in [4.78, 5) is 23.5. The number of carbonyl (C=O) groups is 2. The highest BCUT2D eigenvalue weighted by Crippen LogP contribution is 2.37. The Morgan fingerprint density at radius 2 is 1.95 bits per heavy atom. The maximum absolute atomic E-state index is 11.8. The lowest BCUT2D eigenvalue weighted by molar-refractivity contribution is -0.0680. The minimum absolute atomic E-state index is 0.248. The summed E-state index contributed by atoms with van der Waals surface area (Å²) >= 11 is 0. The van der Waals surface area contributed by atoms with E-state index in [1.165, 1.54) is 18.2 Å². The molecule has 3 N–H and O–H groups in total. The summed E-state index contributed by atoms with van der Waals surface area (Å²) < 4.78 is 10.2. The Kier molecular flexibility index (Phi) is 4.12. The van der Waals surface area contributed by atoms with Crippen molar-refractivity contribution >= 4 is 17.7 Å². The van der Waals surface area contributed by atoms with Crippen LogP contribution in [0.5, 0.6) is 0 Å². The fourth-order valence-electron chi connectivity index (χ4n) is 2.17. The minimum Gasteiger partial charge on any atom is -0.446 e. The van der Waals surface area contributed by atoms with Crippen LogP contribution in [0.1, 0.15) is 36.7 Å². The molecule has 0 bridgehead atoms. The van der Waals surface area contributed by atoms with Gasteiger partial charge >= 0.3 is 12.1 Å². The van der Waals surface area contributed by atoms with E-state index >= 15 is 0 Å². The highest BCUT2D eigenvalue weighted by Gasteiger charge is 2.45. The first-order valence-corrected chi connectivity index (χ1v) is 6.80. The molecule has 1 aliphatic rings. The molecule has 1 aromatic carbocycles. The largest absolute Gasteiger partial charge is 0.446 e. The van der Waals surface area contributed by atoms with Gasteiger partial charge in [-0.15, -0.1) is 0 Å². The number of carbonyl (C=O) groups excluding carboxylic acids is 2. The lowest BCUT2D eigenvalue weighted by atomic mass is 9.93. The molecule has 0 unspecified atom stereocenters. The van der Waals surface area contributed by atoms with Gasteiger partial charge in [0.1, 0.15) is 5.60 Å². The number of esters is 1. The van der Waals surface area contributed by atoms with Crippen LogP contribution in [0.2, 0.25) is 0 Å². The lowest BCUT2D eigenvalue weighted by Gasteiger charge is -2.24. The van der Waals surface area contributed by atoms with Gasteiger partial charge in [-0.1, -0.05) is 0 Å². The smallest absolute Gasteiger partial charge is 0.412 e. The maximum Gasteiger partial charge on any atom is 0.412 e. The third-order valence-corrected chi connectivity index (χ3v) is 3.17. The van der Waals surface area contributed by atoms with E-state index in [1.54, 1.807) is 20.8 Å². The van der Waals surface area contributed by atoms with Crippen LogP contribution in [-0.4, -0.2) is 41.1 Å². The van der Waals surface area contributed by atoms with Crippen LogP contribution >= 0.6 is 0 Å². The van der Waals surface area contributed by atoms with Crippen LogP contribution in [0.3, 0.4) is 0 Å². The van der Waals surface area contributed by atoms with E-state index < -0.39 is 36.5 Å². The van der Waals surface area contributed by atoms with Crippen LogP contribution in [0.15, 0.2) is 18.2 Å². The molecule has 22 heavy (non-hydrogen) atoms. The Bertz CT molecular complexity index is 601. The molecule has 1 heterocycles. The van der Waals surface area contributed by atoms with Crippen LogP contribution in [0.25, 0.3) is 0 Å². The van der Waals surface area contributed by atoms with Gasteiger partial charge < -0.3 is 19.7 Å². The van der Waals surface area contributed by atoms with E-state index in [0.717, 1.165) is 0 Å². The van der Waals surface area contributed by atoms with Gasteiger partial charge in [-0.3, -0.25) is 5.32 Å². The third-order valence-electron chi connectivity index (χ3n) is 3.17. The molecular weight excluding hydrogens is 290 g/mol. The second kappa shape index (κ2) is 5.58. The van der Waals surface area contributed by atoms with Gasteiger partial charge in [-0.25, -0.2) is 9.59 Å². The Morgan fingerprint density at radius 1 is 1.32 bits per heavy atom. The van der Waals surface area contributed by atoms with Crippen LogP contribution in [0.4, 0.5) is 10.5 Å². The molecule has 120 valence electrons. The van der Waals surface area contributed by atoms with Gasteiger partial charge in [-0.2, -0.15) is 0 Å². The number of cyclic esters (lactones) is 1. The predicted octanol–water partition coefficient (Wildman–Crippen LogP) is 1.38. The van der Waals surface area contributed by atoms with Gasteiger partial charge in [0.25, 0.3) is 0 Å². The summed E-state index contributed by atoms with van der Waals surface area (Å²) in [5.74, 6) is -0.623. The maximum atomic E-state index is 11.8. The van der Waals surface area contributed by atoms with Crippen molar-refractivity contribution in [1.82, 2.24) is 0 Å². The van der Waals surface area contributed by atoms with Gasteiger partial charge in [-0.05, 0) is 39.0 Å². The van der Waals surface area contributed by atoms with E-state index in [-0.39, 0.29) is 5.56 Å². The highest BCUT2D eigenvalue weighted by atomic mass is 16.6. The van der Waals surface area contributed by atoms with E-state index in [2.05, 4.69) is 5.32 Å². The van der Waals surface area contributed by atoms with Crippen molar-refractivity contribution in [2.75, 3.05) is 18.5 Å². The summed E-state index contributed by atoms with van der Waals surface area (Å²) in [6, 6.07) is 4.48. The van der Waals surface area contributed by atoms with Crippen LogP contribution in [-0.2, 0) is 15.1 Å². The molecule has 0 radical (unpaired) electrons. The minimum atomic E-state index is -1.49. The van der Waals surface area contributed by atoms with E-state index in [9.17, 15) is 19.8 Å². The number of hydrogen-bond donors (Lipinski definition) is 3. The normalized spacial score (nSPS) is 16.0. The van der Waals surface area contributed by atoms with Gasteiger partial charge in [0, 0.05) is 11.3 Å². The SMILES string of the molecule is CC(C)(C)OC(=O)Nc1ccc2c(c1)C(CO)(CO)OC2=O. The number of amides is 1. The molecule has 2 rings (SSSR count). The number of rotatable bonds is 3. The zero-order valence-electron chi connectivity index (χ0n) is 12.7. The van der Waals surface area contributed by atoms with Gasteiger partial charge in [0.2, 0.25) is 0 Å². The summed E-state index contributed by atoms with van der Waals surface area (Å²) in [5.41, 5.74) is -1.18. The fraction of sp³-hybridized carbons (Fsp3) is 0.467. The average molecular weight is 309 g/mol. The molecule has 1 aliphatic heterocycles. The molecule has 0 fully saturated rings. The number of fused-ring (bicyclic) bond motifs is 1. The van der Waals surface area contributed by atoms with Crippen molar-refractivity contribution in [2.24, 2.45) is 0 Å². The van der Waals surface area contributed by atoms with Crippen LogP contribution < -0.4 is 5.32 Å². The molecule has 0 saturated carbocycles. The van der Waals surface area contributed by atoms with E-state index in [4.69, 9.17) is 9.47 Å². The second-order valence-corrected chi connectivity index (χ2v) is 6.09. The topological polar surface area (TPSA) is 105 Å². The Hall–Kier alpha value is -2.12. The molecule has 0 saturated heterocycles. The number of nitrogens with one attached hydrogen (secondary N) is 1. The summed E-state index contributed by atoms with van der Waals surface area (Å²) in [6.45, 7) is 4.11. The van der Waals surface area contributed by atoms with E-state index in [1.807, 2.05) is 0 Å². The third kappa shape index (κ3) is 3.05. The Morgan fingerprint density at radius 3 is 2.50 bits per heavy atom. The first-order chi connectivity index (χ1) is 10.2. The fourth-order valence-corrected chi connectivity index (χ4v) is 2.17. The molecule has 0 atom stereocenters. The number of ether oxygens (including phenoxy) is 2. The van der Waals surface area contributed by atoms with Crippen molar-refractivity contribution in [3.05, 3.63) is 29.3 Å². The number of hydrogen-bond acceptors (Lipinski definition) is 6. The standard InChI is InChI=1S/C15H19NO6/c1-14(2,3)22-13(20)16-9-4-5-10-11(6-9)15(7-17,8-18)21-12(10)19/h4-6,17-18H,7-8H2,1-3H3,(H,16,20). The van der Waals surface area contributed by atoms with Gasteiger partial charge in [0.05, 0.1) is 18.8 Å². The Labute approximate surface area is 127 Å². The molecule has 1 aromatic rings. The number of anilines is 1. The van der Waals surface area contributed by atoms with Crippen molar-refractivity contribution in [3.8, 4) is 0 Å². The van der Waals surface area contributed by atoms with Crippen molar-refractivity contribution in [1.29, 1.82) is 0 Å². The highest BCUT2D eigenvalue weighted by molar-refractivity contribution is 5.96. The van der Waals surface area contributed by atoms with Crippen molar-refractivity contribution in [2.45, 2.75) is 32.0 Å². The summed E-state index contributed by atoms with van der Waals surface area (Å²) in [6.07, 6.45) is -0.642. The monoisotopic (exact) mass is 309 g/mol. The summed E-state index contributed by atoms with van der Waals surface area (Å²) in [5, 5.41) is 21.5. The molecule has 0 aliphatic carbocycles. The zero-order valence-corrected chi connectivity index (χ0v) is 12.7. The predicted molar refractivity (Wildman–Crippen MR) is 77.6 cm³/mol. The number of benzene rings is 1. The summed E-state index contributed by atoms with van der Waals surface area (Å²) in [7, 11) is 0. The zero-order chi connectivity index (χ0) is 16.5.